The van der Waals surface area contributed by atoms with Gasteiger partial charge in [-0.2, -0.15) is 0 Å². The normalized spacial score (nSPS) is 22.5. The van der Waals surface area contributed by atoms with Gasteiger partial charge < -0.3 is 5.73 Å². The summed E-state index contributed by atoms with van der Waals surface area (Å²) in [5.41, 5.74) is 5.85. The number of hydrogen-bond donors (Lipinski definition) is 2. The van der Waals surface area contributed by atoms with Crippen LogP contribution in [-0.2, 0) is 10.0 Å². The molecule has 0 aliphatic heterocycles. The third-order valence-corrected chi connectivity index (χ3v) is 5.80. The summed E-state index contributed by atoms with van der Waals surface area (Å²) in [6, 6.07) is 2.47. The van der Waals surface area contributed by atoms with Crippen LogP contribution in [0.4, 0.5) is 5.69 Å². The molecule has 1 fully saturated rings. The van der Waals surface area contributed by atoms with Crippen LogP contribution in [0.5, 0.6) is 0 Å². The highest BCUT2D eigenvalue weighted by Gasteiger charge is 2.29. The number of halogens is 1. The molecule has 0 radical (unpaired) electrons. The molecule has 22 heavy (non-hydrogen) atoms. The Morgan fingerprint density at radius 2 is 1.91 bits per heavy atom. The Bertz CT molecular complexity index is 685. The molecule has 1 saturated carbocycles. The van der Waals surface area contributed by atoms with Crippen molar-refractivity contribution in [3.05, 3.63) is 32.8 Å². The number of nitro benzene ring substituents is 1. The molecular weight excluding hydrogens is 330 g/mol. The van der Waals surface area contributed by atoms with Gasteiger partial charge >= 0.3 is 0 Å². The number of hydrogen-bond acceptors (Lipinski definition) is 5. The van der Waals surface area contributed by atoms with Crippen molar-refractivity contribution in [1.29, 1.82) is 0 Å². The van der Waals surface area contributed by atoms with Crippen LogP contribution in [0.2, 0.25) is 5.02 Å². The van der Waals surface area contributed by atoms with E-state index in [-0.39, 0.29) is 22.0 Å². The minimum Gasteiger partial charge on any atom is -0.328 e. The average molecular weight is 348 g/mol. The van der Waals surface area contributed by atoms with Crippen LogP contribution in [0.1, 0.15) is 31.2 Å². The molecule has 3 N–H and O–H groups in total. The number of nitrogens with zero attached hydrogens (tertiary/aromatic N) is 1. The lowest BCUT2D eigenvalue weighted by atomic mass is 9.93. The van der Waals surface area contributed by atoms with Crippen LogP contribution in [0.15, 0.2) is 17.0 Å². The number of rotatable bonds is 4. The van der Waals surface area contributed by atoms with E-state index in [1.54, 1.807) is 6.92 Å². The van der Waals surface area contributed by atoms with Gasteiger partial charge in [0.2, 0.25) is 10.0 Å². The van der Waals surface area contributed by atoms with E-state index in [1.165, 1.54) is 12.1 Å². The maximum atomic E-state index is 12.5. The lowest BCUT2D eigenvalue weighted by molar-refractivity contribution is -0.385. The van der Waals surface area contributed by atoms with Crippen molar-refractivity contribution in [2.75, 3.05) is 0 Å². The molecular formula is C13H18ClN3O4S. The summed E-state index contributed by atoms with van der Waals surface area (Å²) >= 11 is 5.92. The van der Waals surface area contributed by atoms with E-state index in [0.717, 1.165) is 12.8 Å². The number of sulfonamides is 1. The van der Waals surface area contributed by atoms with Gasteiger partial charge in [0.25, 0.3) is 5.69 Å². The summed E-state index contributed by atoms with van der Waals surface area (Å²) in [6.07, 6.45) is 2.78. The van der Waals surface area contributed by atoms with E-state index in [1.807, 2.05) is 0 Å². The van der Waals surface area contributed by atoms with Crippen LogP contribution in [-0.4, -0.2) is 25.4 Å². The molecule has 1 aliphatic rings. The van der Waals surface area contributed by atoms with Gasteiger partial charge in [0.1, 0.15) is 9.92 Å². The summed E-state index contributed by atoms with van der Waals surface area (Å²) in [5.74, 6) is 0. The first-order chi connectivity index (χ1) is 10.2. The molecule has 0 spiro atoms. The maximum absolute atomic E-state index is 12.5. The lowest BCUT2D eigenvalue weighted by Crippen LogP contribution is -2.40. The Hall–Kier alpha value is -1.22. The quantitative estimate of drug-likeness (QED) is 0.639. The second-order valence-corrected chi connectivity index (χ2v) is 7.65. The summed E-state index contributed by atoms with van der Waals surface area (Å²) < 4.78 is 27.5. The van der Waals surface area contributed by atoms with Crippen LogP contribution in [0.25, 0.3) is 0 Å². The van der Waals surface area contributed by atoms with Crippen molar-refractivity contribution in [2.24, 2.45) is 5.73 Å². The van der Waals surface area contributed by atoms with Gasteiger partial charge in [-0.25, -0.2) is 13.1 Å². The molecule has 1 aromatic rings. The highest BCUT2D eigenvalue weighted by Crippen LogP contribution is 2.33. The first-order valence-corrected chi connectivity index (χ1v) is 8.79. The highest BCUT2D eigenvalue weighted by atomic mass is 35.5. The minimum atomic E-state index is -3.91. The third-order valence-electron chi connectivity index (χ3n) is 3.74. The summed E-state index contributed by atoms with van der Waals surface area (Å²) in [6.45, 7) is 1.59. The number of nitrogens with two attached hydrogens (primary N) is 1. The first-order valence-electron chi connectivity index (χ1n) is 6.93. The molecule has 0 saturated heterocycles. The zero-order valence-corrected chi connectivity index (χ0v) is 13.7. The summed E-state index contributed by atoms with van der Waals surface area (Å²) in [7, 11) is -3.91. The molecule has 0 amide bonds. The van der Waals surface area contributed by atoms with Gasteiger partial charge in [0, 0.05) is 18.2 Å². The topological polar surface area (TPSA) is 115 Å². The zero-order chi connectivity index (χ0) is 16.5. The van der Waals surface area contributed by atoms with Crippen LogP contribution >= 0.6 is 11.6 Å². The van der Waals surface area contributed by atoms with Crippen LogP contribution in [0.3, 0.4) is 0 Å². The molecule has 2 rings (SSSR count). The highest BCUT2D eigenvalue weighted by molar-refractivity contribution is 7.89. The first kappa shape index (κ1) is 17.1. The summed E-state index contributed by atoms with van der Waals surface area (Å²) in [4.78, 5) is 10.0. The second kappa shape index (κ2) is 6.49. The van der Waals surface area contributed by atoms with E-state index >= 15 is 0 Å². The fourth-order valence-electron chi connectivity index (χ4n) is 2.57. The van der Waals surface area contributed by atoms with Gasteiger partial charge in [-0.05, 0) is 44.2 Å². The molecule has 0 aromatic heterocycles. The predicted molar refractivity (Wildman–Crippen MR) is 83.4 cm³/mol. The largest absolute Gasteiger partial charge is 0.328 e. The van der Waals surface area contributed by atoms with Crippen LogP contribution < -0.4 is 10.5 Å². The van der Waals surface area contributed by atoms with Crippen molar-refractivity contribution < 1.29 is 13.3 Å². The smallest absolute Gasteiger partial charge is 0.289 e. The van der Waals surface area contributed by atoms with Gasteiger partial charge in [0.05, 0.1) is 4.92 Å². The van der Waals surface area contributed by atoms with E-state index in [0.29, 0.717) is 18.4 Å². The monoisotopic (exact) mass is 347 g/mol. The Balaban J connectivity index is 2.31. The molecule has 0 atom stereocenters. The second-order valence-electron chi connectivity index (χ2n) is 5.59. The maximum Gasteiger partial charge on any atom is 0.289 e. The molecule has 0 unspecified atom stereocenters. The fourth-order valence-corrected chi connectivity index (χ4v) is 4.53. The van der Waals surface area contributed by atoms with E-state index in [2.05, 4.69) is 4.72 Å². The molecule has 0 heterocycles. The summed E-state index contributed by atoms with van der Waals surface area (Å²) in [5, 5.41) is 10.6. The Morgan fingerprint density at radius 1 is 1.32 bits per heavy atom. The van der Waals surface area contributed by atoms with Crippen LogP contribution in [0, 0.1) is 17.0 Å². The Morgan fingerprint density at radius 3 is 2.45 bits per heavy atom. The standard InChI is InChI=1S/C13H18ClN3O4S/c1-8-6-11(17(18)19)13(14)12(7-8)22(20,21)16-10-4-2-9(15)3-5-10/h6-7,9-10,16H,2-5,15H2,1H3. The zero-order valence-electron chi connectivity index (χ0n) is 12.1. The fraction of sp³-hybridized carbons (Fsp3) is 0.538. The predicted octanol–water partition coefficient (Wildman–Crippen LogP) is 2.10. The molecule has 9 heteroatoms. The number of benzene rings is 1. The molecule has 1 aliphatic carbocycles. The van der Waals surface area contributed by atoms with Gasteiger partial charge in [0.15, 0.2) is 0 Å². The minimum absolute atomic E-state index is 0.101. The average Bonchev–Trinajstić information content (AvgIpc) is 2.43. The van der Waals surface area contributed by atoms with E-state index in [9.17, 15) is 18.5 Å². The Kier molecular flexibility index (Phi) is 5.06. The van der Waals surface area contributed by atoms with Gasteiger partial charge in [-0.3, -0.25) is 10.1 Å². The number of nitro groups is 1. The molecule has 7 nitrogen and oxygen atoms in total. The van der Waals surface area contributed by atoms with E-state index < -0.39 is 20.6 Å². The number of aryl methyl sites for hydroxylation is 1. The Labute approximate surface area is 134 Å². The number of nitrogens with one attached hydrogen (secondary N) is 1. The van der Waals surface area contributed by atoms with Gasteiger partial charge in [-0.1, -0.05) is 11.6 Å². The molecule has 122 valence electrons. The van der Waals surface area contributed by atoms with Crippen molar-refractivity contribution in [3.8, 4) is 0 Å². The van der Waals surface area contributed by atoms with Crippen molar-refractivity contribution in [3.63, 3.8) is 0 Å². The van der Waals surface area contributed by atoms with E-state index in [4.69, 9.17) is 17.3 Å². The van der Waals surface area contributed by atoms with Crippen molar-refractivity contribution >= 4 is 27.3 Å². The molecule has 0 bridgehead atoms. The van der Waals surface area contributed by atoms with Crippen molar-refractivity contribution in [1.82, 2.24) is 4.72 Å². The van der Waals surface area contributed by atoms with Gasteiger partial charge in [-0.15, -0.1) is 0 Å². The SMILES string of the molecule is Cc1cc([N+](=O)[O-])c(Cl)c(S(=O)(=O)NC2CCC(N)CC2)c1. The van der Waals surface area contributed by atoms with Crippen molar-refractivity contribution in [2.45, 2.75) is 49.6 Å². The lowest BCUT2D eigenvalue weighted by Gasteiger charge is -2.26. The third kappa shape index (κ3) is 3.75. The molecule has 1 aromatic carbocycles.